The maximum absolute atomic E-state index is 6.09. The third-order valence-corrected chi connectivity index (χ3v) is 2.94. The first-order valence-electron chi connectivity index (χ1n) is 5.33. The van der Waals surface area contributed by atoms with Crippen molar-refractivity contribution < 1.29 is 0 Å². The van der Waals surface area contributed by atoms with E-state index in [0.29, 0.717) is 6.04 Å². The minimum atomic E-state index is 0. The smallest absolute Gasteiger partial charge is 0.0473 e. The Hall–Kier alpha value is -0.280. The summed E-state index contributed by atoms with van der Waals surface area (Å²) in [6, 6.07) is 9.28. The predicted molar refractivity (Wildman–Crippen MR) is 73.6 cm³/mol. The van der Waals surface area contributed by atoms with E-state index in [9.17, 15) is 0 Å². The van der Waals surface area contributed by atoms with E-state index in [1.165, 1.54) is 17.5 Å². The molecule has 2 nitrogen and oxygen atoms in total. The van der Waals surface area contributed by atoms with Gasteiger partial charge in [-0.2, -0.15) is 0 Å². The van der Waals surface area contributed by atoms with Crippen LogP contribution in [-0.2, 0) is 0 Å². The van der Waals surface area contributed by atoms with Crippen molar-refractivity contribution >= 4 is 24.8 Å². The number of halogens is 2. The summed E-state index contributed by atoms with van der Waals surface area (Å²) in [5.74, 6) is 0. The van der Waals surface area contributed by atoms with E-state index in [4.69, 9.17) is 5.73 Å². The molecule has 92 valence electrons. The van der Waals surface area contributed by atoms with Gasteiger partial charge in [-0.25, -0.2) is 0 Å². The molecule has 0 aliphatic carbocycles. The summed E-state index contributed by atoms with van der Waals surface area (Å²) in [6.45, 7) is 3.20. The zero-order valence-corrected chi connectivity index (χ0v) is 11.1. The van der Waals surface area contributed by atoms with Gasteiger partial charge in [0.1, 0.15) is 0 Å². The van der Waals surface area contributed by atoms with E-state index in [2.05, 4.69) is 36.5 Å². The van der Waals surface area contributed by atoms with Gasteiger partial charge in [-0.05, 0) is 31.9 Å². The zero-order chi connectivity index (χ0) is 9.97. The lowest BCUT2D eigenvalue weighted by Gasteiger charge is -2.30. The number of rotatable bonds is 1. The average Bonchev–Trinajstić information content (AvgIpc) is 2.20. The molecule has 1 saturated heterocycles. The Morgan fingerprint density at radius 2 is 1.81 bits per heavy atom. The van der Waals surface area contributed by atoms with E-state index in [1.54, 1.807) is 0 Å². The first kappa shape index (κ1) is 15.7. The fraction of sp³-hybridized carbons (Fsp3) is 0.500. The van der Waals surface area contributed by atoms with Crippen LogP contribution in [0.5, 0.6) is 0 Å². The van der Waals surface area contributed by atoms with E-state index in [-0.39, 0.29) is 30.9 Å². The number of benzene rings is 1. The number of aryl methyl sites for hydroxylation is 1. The van der Waals surface area contributed by atoms with Crippen LogP contribution in [0, 0.1) is 6.92 Å². The highest BCUT2D eigenvalue weighted by Gasteiger charge is 2.22. The van der Waals surface area contributed by atoms with E-state index < -0.39 is 0 Å². The summed E-state index contributed by atoms with van der Waals surface area (Å²) in [6.07, 6.45) is 2.33. The second-order valence-electron chi connectivity index (χ2n) is 4.15. The summed E-state index contributed by atoms with van der Waals surface area (Å²) in [5.41, 5.74) is 8.71. The Kier molecular flexibility index (Phi) is 7.00. The lowest BCUT2D eigenvalue weighted by Crippen LogP contribution is -2.42. The molecule has 4 heteroatoms. The third-order valence-electron chi connectivity index (χ3n) is 2.94. The molecule has 2 rings (SSSR count). The quantitative estimate of drug-likeness (QED) is 0.817. The van der Waals surface area contributed by atoms with Gasteiger partial charge in [0.2, 0.25) is 0 Å². The van der Waals surface area contributed by atoms with Gasteiger partial charge in [-0.15, -0.1) is 24.8 Å². The molecule has 0 saturated carbocycles. The molecule has 0 amide bonds. The van der Waals surface area contributed by atoms with Crippen LogP contribution in [0.4, 0.5) is 0 Å². The first-order chi connectivity index (χ1) is 6.77. The molecule has 1 aliphatic heterocycles. The average molecular weight is 263 g/mol. The maximum Gasteiger partial charge on any atom is 0.0473 e. The molecule has 2 unspecified atom stereocenters. The SMILES string of the molecule is Cc1ccc(C2NCCCC2N)cc1.Cl.Cl. The molecule has 1 heterocycles. The number of nitrogens with one attached hydrogen (secondary N) is 1. The van der Waals surface area contributed by atoms with Crippen LogP contribution in [0.15, 0.2) is 24.3 Å². The molecule has 2 atom stereocenters. The van der Waals surface area contributed by atoms with Crippen LogP contribution in [0.3, 0.4) is 0 Å². The molecule has 1 aromatic carbocycles. The topological polar surface area (TPSA) is 38.0 Å². The zero-order valence-electron chi connectivity index (χ0n) is 9.48. The second-order valence-corrected chi connectivity index (χ2v) is 4.15. The summed E-state index contributed by atoms with van der Waals surface area (Å²) in [4.78, 5) is 0. The van der Waals surface area contributed by atoms with Crippen molar-refractivity contribution in [3.63, 3.8) is 0 Å². The van der Waals surface area contributed by atoms with E-state index in [1.807, 2.05) is 0 Å². The first-order valence-corrected chi connectivity index (χ1v) is 5.33. The highest BCUT2D eigenvalue weighted by molar-refractivity contribution is 5.85. The number of piperidine rings is 1. The monoisotopic (exact) mass is 262 g/mol. The van der Waals surface area contributed by atoms with Gasteiger partial charge in [0.15, 0.2) is 0 Å². The molecule has 1 aliphatic rings. The summed E-state index contributed by atoms with van der Waals surface area (Å²) >= 11 is 0. The number of nitrogens with two attached hydrogens (primary N) is 1. The van der Waals surface area contributed by atoms with Crippen molar-refractivity contribution in [1.29, 1.82) is 0 Å². The molecule has 16 heavy (non-hydrogen) atoms. The van der Waals surface area contributed by atoms with Crippen molar-refractivity contribution in [3.8, 4) is 0 Å². The normalized spacial score (nSPS) is 24.1. The minimum Gasteiger partial charge on any atom is -0.326 e. The van der Waals surface area contributed by atoms with Crippen molar-refractivity contribution in [3.05, 3.63) is 35.4 Å². The second kappa shape index (κ2) is 7.13. The fourth-order valence-corrected chi connectivity index (χ4v) is 2.05. The van der Waals surface area contributed by atoms with Gasteiger partial charge in [0.05, 0.1) is 0 Å². The van der Waals surface area contributed by atoms with Crippen LogP contribution >= 0.6 is 24.8 Å². The van der Waals surface area contributed by atoms with Crippen molar-refractivity contribution in [2.75, 3.05) is 6.54 Å². The molecular weight excluding hydrogens is 243 g/mol. The van der Waals surface area contributed by atoms with Gasteiger partial charge in [0, 0.05) is 12.1 Å². The lowest BCUT2D eigenvalue weighted by atomic mass is 9.93. The van der Waals surface area contributed by atoms with Gasteiger partial charge in [0.25, 0.3) is 0 Å². The van der Waals surface area contributed by atoms with E-state index >= 15 is 0 Å². The van der Waals surface area contributed by atoms with Crippen LogP contribution < -0.4 is 11.1 Å². The van der Waals surface area contributed by atoms with Gasteiger partial charge in [-0.3, -0.25) is 0 Å². The highest BCUT2D eigenvalue weighted by atomic mass is 35.5. The molecule has 1 fully saturated rings. The van der Waals surface area contributed by atoms with Crippen molar-refractivity contribution in [2.45, 2.75) is 31.8 Å². The van der Waals surface area contributed by atoms with Crippen LogP contribution in [-0.4, -0.2) is 12.6 Å². The van der Waals surface area contributed by atoms with Gasteiger partial charge >= 0.3 is 0 Å². The molecule has 1 aromatic rings. The summed E-state index contributed by atoms with van der Waals surface area (Å²) in [7, 11) is 0. The molecular formula is C12H20Cl2N2. The highest BCUT2D eigenvalue weighted by Crippen LogP contribution is 2.22. The Bertz CT molecular complexity index is 300. The Morgan fingerprint density at radius 1 is 1.19 bits per heavy atom. The predicted octanol–water partition coefficient (Wildman–Crippen LogP) is 2.59. The van der Waals surface area contributed by atoms with Gasteiger partial charge in [-0.1, -0.05) is 29.8 Å². The molecule has 0 bridgehead atoms. The minimum absolute atomic E-state index is 0. The summed E-state index contributed by atoms with van der Waals surface area (Å²) < 4.78 is 0. The largest absolute Gasteiger partial charge is 0.326 e. The molecule has 0 spiro atoms. The Balaban J connectivity index is 0.00000112. The van der Waals surface area contributed by atoms with Crippen LogP contribution in [0.1, 0.15) is 30.0 Å². The standard InChI is InChI=1S/C12H18N2.2ClH/c1-9-4-6-10(7-5-9)12-11(13)3-2-8-14-12;;/h4-7,11-12,14H,2-3,8,13H2,1H3;2*1H. The van der Waals surface area contributed by atoms with Crippen LogP contribution in [0.25, 0.3) is 0 Å². The number of hydrogen-bond acceptors (Lipinski definition) is 2. The van der Waals surface area contributed by atoms with Crippen LogP contribution in [0.2, 0.25) is 0 Å². The Morgan fingerprint density at radius 3 is 2.38 bits per heavy atom. The molecule has 0 radical (unpaired) electrons. The lowest BCUT2D eigenvalue weighted by molar-refractivity contribution is 0.358. The van der Waals surface area contributed by atoms with Crippen molar-refractivity contribution in [2.24, 2.45) is 5.73 Å². The fourth-order valence-electron chi connectivity index (χ4n) is 2.05. The number of hydrogen-bond donors (Lipinski definition) is 2. The maximum atomic E-state index is 6.09. The Labute approximate surface area is 110 Å². The van der Waals surface area contributed by atoms with E-state index in [0.717, 1.165) is 13.0 Å². The summed E-state index contributed by atoms with van der Waals surface area (Å²) in [5, 5.41) is 3.48. The third kappa shape index (κ3) is 3.63. The van der Waals surface area contributed by atoms with Gasteiger partial charge < -0.3 is 11.1 Å². The molecule has 3 N–H and O–H groups in total. The molecule has 0 aromatic heterocycles. The van der Waals surface area contributed by atoms with Crippen molar-refractivity contribution in [1.82, 2.24) is 5.32 Å².